The molecule has 0 bridgehead atoms. The molecule has 0 aliphatic heterocycles. The number of nitriles is 1. The normalized spacial score (nSPS) is 13.9. The Morgan fingerprint density at radius 1 is 1.26 bits per heavy atom. The van der Waals surface area contributed by atoms with Crippen molar-refractivity contribution in [1.82, 2.24) is 0 Å². The largest absolute Gasteiger partial charge is 0.481 e. The van der Waals surface area contributed by atoms with Gasteiger partial charge in [0.2, 0.25) is 0 Å². The van der Waals surface area contributed by atoms with Crippen LogP contribution in [0.4, 0.5) is 0 Å². The molecule has 0 saturated heterocycles. The minimum absolute atomic E-state index is 0.0599. The number of rotatable bonds is 7. The number of carboxylic acid groups (broad SMARTS) is 2. The van der Waals surface area contributed by atoms with Gasteiger partial charge in [0.05, 0.1) is 26.9 Å². The van der Waals surface area contributed by atoms with E-state index in [9.17, 15) is 20.0 Å². The second-order valence-corrected chi connectivity index (χ2v) is 6.84. The van der Waals surface area contributed by atoms with E-state index in [2.05, 4.69) is 6.07 Å². The van der Waals surface area contributed by atoms with Crippen LogP contribution in [-0.4, -0.2) is 22.2 Å². The SMILES string of the molecule is CC(C)(CC(C#N)(CCC(=O)O)c1cccc(Cl)c1Cl)C(=O)O. The number of carboxylic acids is 2. The quantitative estimate of drug-likeness (QED) is 0.764. The first kappa shape index (κ1) is 19.3. The maximum absolute atomic E-state index is 11.5. The average molecular weight is 358 g/mol. The molecule has 2 N–H and O–H groups in total. The molecule has 1 aromatic rings. The Morgan fingerprint density at radius 2 is 1.87 bits per heavy atom. The van der Waals surface area contributed by atoms with Gasteiger partial charge in [-0.25, -0.2) is 0 Å². The standard InChI is InChI=1S/C16H17Cl2NO4/c1-15(2,14(22)23)8-16(9-19,7-6-12(20)21)10-4-3-5-11(17)13(10)18/h3-5H,6-8H2,1-2H3,(H,20,21)(H,22,23). The van der Waals surface area contributed by atoms with Crippen LogP contribution >= 0.6 is 23.2 Å². The third-order valence-corrected chi connectivity index (χ3v) is 4.59. The zero-order valence-corrected chi connectivity index (χ0v) is 14.3. The lowest BCUT2D eigenvalue weighted by Crippen LogP contribution is -2.36. The lowest BCUT2D eigenvalue weighted by molar-refractivity contribution is -0.147. The van der Waals surface area contributed by atoms with E-state index in [1.165, 1.54) is 13.8 Å². The highest BCUT2D eigenvalue weighted by atomic mass is 35.5. The number of carbonyl (C=O) groups is 2. The van der Waals surface area contributed by atoms with Crippen molar-refractivity contribution in [2.45, 2.75) is 38.5 Å². The fraction of sp³-hybridized carbons (Fsp3) is 0.438. The summed E-state index contributed by atoms with van der Waals surface area (Å²) in [5, 5.41) is 28.5. The monoisotopic (exact) mass is 357 g/mol. The smallest absolute Gasteiger partial charge is 0.309 e. The highest BCUT2D eigenvalue weighted by Gasteiger charge is 2.43. The van der Waals surface area contributed by atoms with Gasteiger partial charge in [0.25, 0.3) is 0 Å². The Kier molecular flexibility index (Phi) is 6.04. The molecule has 0 saturated carbocycles. The molecule has 5 nitrogen and oxygen atoms in total. The van der Waals surface area contributed by atoms with Gasteiger partial charge in [0.15, 0.2) is 0 Å². The summed E-state index contributed by atoms with van der Waals surface area (Å²) in [6.07, 6.45) is -0.430. The Hall–Kier alpha value is -1.77. The van der Waals surface area contributed by atoms with Crippen molar-refractivity contribution in [3.8, 4) is 6.07 Å². The third kappa shape index (κ3) is 4.37. The first-order chi connectivity index (χ1) is 10.6. The van der Waals surface area contributed by atoms with Gasteiger partial charge in [-0.05, 0) is 38.3 Å². The molecule has 0 radical (unpaired) electrons. The van der Waals surface area contributed by atoms with E-state index >= 15 is 0 Å². The van der Waals surface area contributed by atoms with Crippen LogP contribution in [0.1, 0.15) is 38.7 Å². The van der Waals surface area contributed by atoms with Crippen molar-refractivity contribution in [3.05, 3.63) is 33.8 Å². The molecule has 0 aromatic heterocycles. The fourth-order valence-electron chi connectivity index (χ4n) is 2.50. The number of nitrogens with zero attached hydrogens (tertiary/aromatic N) is 1. The summed E-state index contributed by atoms with van der Waals surface area (Å²) in [7, 11) is 0. The molecule has 1 aromatic carbocycles. The van der Waals surface area contributed by atoms with Crippen molar-refractivity contribution in [2.75, 3.05) is 0 Å². The van der Waals surface area contributed by atoms with Gasteiger partial charge >= 0.3 is 11.9 Å². The van der Waals surface area contributed by atoms with Crippen LogP contribution in [0.15, 0.2) is 18.2 Å². The first-order valence-corrected chi connectivity index (χ1v) is 7.62. The summed E-state index contributed by atoms with van der Waals surface area (Å²) in [6.45, 7) is 2.97. The summed E-state index contributed by atoms with van der Waals surface area (Å²) in [5.41, 5.74) is -2.24. The summed E-state index contributed by atoms with van der Waals surface area (Å²) < 4.78 is 0. The lowest BCUT2D eigenvalue weighted by Gasteiger charge is -2.34. The van der Waals surface area contributed by atoms with Crippen LogP contribution in [0.5, 0.6) is 0 Å². The molecule has 0 spiro atoms. The molecule has 1 rings (SSSR count). The van der Waals surface area contributed by atoms with Crippen LogP contribution in [0.3, 0.4) is 0 Å². The molecule has 0 heterocycles. The minimum atomic E-state index is -1.36. The fourth-order valence-corrected chi connectivity index (χ4v) is 2.98. The second-order valence-electron chi connectivity index (χ2n) is 6.05. The summed E-state index contributed by atoms with van der Waals surface area (Å²) in [6, 6.07) is 6.83. The van der Waals surface area contributed by atoms with Crippen molar-refractivity contribution in [3.63, 3.8) is 0 Å². The van der Waals surface area contributed by atoms with Crippen LogP contribution in [0.25, 0.3) is 0 Å². The third-order valence-electron chi connectivity index (χ3n) is 3.77. The number of benzene rings is 1. The molecule has 23 heavy (non-hydrogen) atoms. The van der Waals surface area contributed by atoms with Crippen LogP contribution < -0.4 is 0 Å². The lowest BCUT2D eigenvalue weighted by atomic mass is 9.67. The van der Waals surface area contributed by atoms with Crippen LogP contribution in [-0.2, 0) is 15.0 Å². The molecular formula is C16H17Cl2NO4. The zero-order chi connectivity index (χ0) is 17.8. The highest BCUT2D eigenvalue weighted by molar-refractivity contribution is 6.42. The van der Waals surface area contributed by atoms with Crippen molar-refractivity contribution in [2.24, 2.45) is 5.41 Å². The van der Waals surface area contributed by atoms with Crippen molar-refractivity contribution < 1.29 is 19.8 Å². The topological polar surface area (TPSA) is 98.4 Å². The van der Waals surface area contributed by atoms with Gasteiger partial charge in [-0.15, -0.1) is 0 Å². The molecule has 1 unspecified atom stereocenters. The summed E-state index contributed by atoms with van der Waals surface area (Å²) in [4.78, 5) is 22.4. The van der Waals surface area contributed by atoms with E-state index < -0.39 is 22.8 Å². The van der Waals surface area contributed by atoms with E-state index in [-0.39, 0.29) is 29.3 Å². The van der Waals surface area contributed by atoms with Crippen LogP contribution in [0, 0.1) is 16.7 Å². The predicted octanol–water partition coefficient (Wildman–Crippen LogP) is 4.12. The Labute approximate surface area is 144 Å². The zero-order valence-electron chi connectivity index (χ0n) is 12.8. The maximum atomic E-state index is 11.5. The Balaban J connectivity index is 3.46. The van der Waals surface area contributed by atoms with E-state index in [1.54, 1.807) is 18.2 Å². The number of hydrogen-bond donors (Lipinski definition) is 2. The molecule has 0 amide bonds. The van der Waals surface area contributed by atoms with Gasteiger partial charge in [-0.1, -0.05) is 35.3 Å². The van der Waals surface area contributed by atoms with Gasteiger partial charge < -0.3 is 10.2 Å². The first-order valence-electron chi connectivity index (χ1n) is 6.87. The van der Waals surface area contributed by atoms with E-state index in [4.69, 9.17) is 28.3 Å². The van der Waals surface area contributed by atoms with Crippen molar-refractivity contribution in [1.29, 1.82) is 5.26 Å². The van der Waals surface area contributed by atoms with Gasteiger partial charge in [0.1, 0.15) is 0 Å². The molecule has 124 valence electrons. The maximum Gasteiger partial charge on any atom is 0.309 e. The number of halogens is 2. The molecule has 0 aliphatic rings. The van der Waals surface area contributed by atoms with E-state index in [1.807, 2.05) is 0 Å². The highest BCUT2D eigenvalue weighted by Crippen LogP contribution is 2.44. The van der Waals surface area contributed by atoms with Crippen LogP contribution in [0.2, 0.25) is 10.0 Å². The van der Waals surface area contributed by atoms with E-state index in [0.29, 0.717) is 5.56 Å². The Morgan fingerprint density at radius 3 is 2.35 bits per heavy atom. The summed E-state index contributed by atoms with van der Waals surface area (Å²) >= 11 is 12.2. The molecule has 0 aliphatic carbocycles. The van der Waals surface area contributed by atoms with Gasteiger partial charge in [0, 0.05) is 6.42 Å². The molecule has 1 atom stereocenters. The van der Waals surface area contributed by atoms with Gasteiger partial charge in [-0.2, -0.15) is 5.26 Å². The molecule has 0 fully saturated rings. The van der Waals surface area contributed by atoms with Crippen molar-refractivity contribution >= 4 is 35.1 Å². The van der Waals surface area contributed by atoms with E-state index in [0.717, 1.165) is 0 Å². The van der Waals surface area contributed by atoms with Gasteiger partial charge in [-0.3, -0.25) is 9.59 Å². The average Bonchev–Trinajstić information content (AvgIpc) is 2.46. The molecular weight excluding hydrogens is 341 g/mol. The summed E-state index contributed by atoms with van der Waals surface area (Å²) in [5.74, 6) is -2.15. The number of aliphatic carboxylic acids is 2. The Bertz CT molecular complexity index is 667. The number of hydrogen-bond acceptors (Lipinski definition) is 3. The second kappa shape index (κ2) is 7.20. The predicted molar refractivity (Wildman–Crippen MR) is 86.7 cm³/mol. The minimum Gasteiger partial charge on any atom is -0.481 e. The molecule has 7 heteroatoms.